The van der Waals surface area contributed by atoms with Crippen molar-refractivity contribution in [1.82, 2.24) is 9.97 Å². The molecule has 0 aromatic carbocycles. The van der Waals surface area contributed by atoms with E-state index in [1.165, 1.54) is 11.1 Å². The molecule has 2 heterocycles. The van der Waals surface area contributed by atoms with E-state index in [4.69, 9.17) is 5.73 Å². The van der Waals surface area contributed by atoms with Crippen molar-refractivity contribution in [2.45, 2.75) is 12.8 Å². The number of aromatic nitrogens is 2. The summed E-state index contributed by atoms with van der Waals surface area (Å²) in [5.74, 6) is -2.28. The van der Waals surface area contributed by atoms with Gasteiger partial charge in [-0.2, -0.15) is 0 Å². The molecule has 1 saturated heterocycles. The zero-order valence-corrected chi connectivity index (χ0v) is 8.89. The Bertz CT molecular complexity index is 364. The summed E-state index contributed by atoms with van der Waals surface area (Å²) in [5, 5.41) is 0. The van der Waals surface area contributed by atoms with Crippen molar-refractivity contribution in [2.24, 2.45) is 0 Å². The molecule has 4 nitrogen and oxygen atoms in total. The number of hydrogen-bond acceptors (Lipinski definition) is 4. The molecular weight excluding hydrogens is 226 g/mol. The third kappa shape index (κ3) is 2.26. The van der Waals surface area contributed by atoms with Gasteiger partial charge in [0.1, 0.15) is 0 Å². The molecule has 1 aliphatic rings. The lowest BCUT2D eigenvalue weighted by molar-refractivity contribution is -0.0271. The molecule has 1 fully saturated rings. The average Bonchev–Trinajstić information content (AvgIpc) is 2.06. The maximum Gasteiger partial charge on any atom is 0.282 e. The van der Waals surface area contributed by atoms with Gasteiger partial charge in [-0.15, -0.1) is 12.4 Å². The van der Waals surface area contributed by atoms with Gasteiger partial charge >= 0.3 is 0 Å². The second-order valence-corrected chi connectivity index (χ2v) is 3.42. The van der Waals surface area contributed by atoms with Gasteiger partial charge in [-0.05, 0) is 6.92 Å². The first-order chi connectivity index (χ1) is 6.48. The molecule has 7 heteroatoms. The van der Waals surface area contributed by atoms with Gasteiger partial charge in [0.05, 0.1) is 30.7 Å². The molecule has 84 valence electrons. The number of rotatable bonds is 1. The maximum absolute atomic E-state index is 12.5. The number of anilines is 2. The van der Waals surface area contributed by atoms with Gasteiger partial charge in [0.2, 0.25) is 5.95 Å². The Kier molecular flexibility index (Phi) is 2.99. The Balaban J connectivity index is 0.00000112. The van der Waals surface area contributed by atoms with E-state index in [1.807, 2.05) is 0 Å². The Morgan fingerprint density at radius 2 is 2.07 bits per heavy atom. The van der Waals surface area contributed by atoms with Crippen LogP contribution in [0.4, 0.5) is 20.4 Å². The highest BCUT2D eigenvalue weighted by Crippen LogP contribution is 2.29. The maximum atomic E-state index is 12.5. The molecule has 1 aromatic rings. The number of nitrogens with zero attached hydrogens (tertiary/aromatic N) is 3. The van der Waals surface area contributed by atoms with E-state index in [-0.39, 0.29) is 25.5 Å². The number of halogens is 3. The van der Waals surface area contributed by atoms with E-state index < -0.39 is 5.92 Å². The fraction of sp³-hybridized carbons (Fsp3) is 0.500. The predicted molar refractivity (Wildman–Crippen MR) is 55.6 cm³/mol. The van der Waals surface area contributed by atoms with Crippen molar-refractivity contribution in [3.63, 3.8) is 0 Å². The zero-order chi connectivity index (χ0) is 10.3. The molecule has 0 aliphatic carbocycles. The first-order valence-electron chi connectivity index (χ1n) is 4.20. The average molecular weight is 237 g/mol. The molecule has 2 N–H and O–H groups in total. The summed E-state index contributed by atoms with van der Waals surface area (Å²) in [6.07, 6.45) is 1.44. The fourth-order valence-electron chi connectivity index (χ4n) is 1.27. The number of hydrogen-bond donors (Lipinski definition) is 1. The van der Waals surface area contributed by atoms with Crippen molar-refractivity contribution in [1.29, 1.82) is 0 Å². The zero-order valence-electron chi connectivity index (χ0n) is 8.07. The van der Waals surface area contributed by atoms with Crippen molar-refractivity contribution in [2.75, 3.05) is 23.7 Å². The first kappa shape index (κ1) is 11.9. The summed E-state index contributed by atoms with van der Waals surface area (Å²) < 4.78 is 25.1. The molecule has 1 aromatic heterocycles. The number of nitrogens with two attached hydrogens (primary N) is 1. The standard InChI is InChI=1S/C8H10F2N4.ClH/c1-5-6(11)2-12-7(13-5)14-3-8(9,10)4-14;/h2H,3-4,11H2,1H3;1H. The van der Waals surface area contributed by atoms with Crippen LogP contribution in [0.25, 0.3) is 0 Å². The van der Waals surface area contributed by atoms with Crippen LogP contribution in [0.5, 0.6) is 0 Å². The molecule has 0 saturated carbocycles. The number of alkyl halides is 2. The van der Waals surface area contributed by atoms with Gasteiger partial charge in [-0.1, -0.05) is 0 Å². The summed E-state index contributed by atoms with van der Waals surface area (Å²) in [6.45, 7) is 1.10. The first-order valence-corrected chi connectivity index (χ1v) is 4.20. The SMILES string of the molecule is Cc1nc(N2CC(F)(F)C2)ncc1N.Cl. The summed E-state index contributed by atoms with van der Waals surface area (Å²) in [7, 11) is 0. The van der Waals surface area contributed by atoms with E-state index in [9.17, 15) is 8.78 Å². The second-order valence-electron chi connectivity index (χ2n) is 3.42. The highest BCUT2D eigenvalue weighted by molar-refractivity contribution is 5.85. The van der Waals surface area contributed by atoms with E-state index in [0.717, 1.165) is 0 Å². The highest BCUT2D eigenvalue weighted by Gasteiger charge is 2.45. The second kappa shape index (κ2) is 3.77. The topological polar surface area (TPSA) is 55.0 Å². The van der Waals surface area contributed by atoms with Crippen LogP contribution in [-0.4, -0.2) is 29.0 Å². The number of aryl methyl sites for hydroxylation is 1. The van der Waals surface area contributed by atoms with Crippen LogP contribution in [0.1, 0.15) is 5.69 Å². The van der Waals surface area contributed by atoms with Crippen LogP contribution >= 0.6 is 12.4 Å². The van der Waals surface area contributed by atoms with Crippen molar-refractivity contribution in [3.05, 3.63) is 11.9 Å². The van der Waals surface area contributed by atoms with E-state index in [1.54, 1.807) is 6.92 Å². The molecule has 0 amide bonds. The third-order valence-corrected chi connectivity index (χ3v) is 2.13. The smallest absolute Gasteiger partial charge is 0.282 e. The van der Waals surface area contributed by atoms with Gasteiger partial charge in [0.25, 0.3) is 5.92 Å². The van der Waals surface area contributed by atoms with Crippen LogP contribution in [-0.2, 0) is 0 Å². The van der Waals surface area contributed by atoms with Gasteiger partial charge in [-0.25, -0.2) is 18.7 Å². The third-order valence-electron chi connectivity index (χ3n) is 2.13. The summed E-state index contributed by atoms with van der Waals surface area (Å²) in [5.41, 5.74) is 6.60. The van der Waals surface area contributed by atoms with Crippen molar-refractivity contribution in [3.8, 4) is 0 Å². The minimum Gasteiger partial charge on any atom is -0.396 e. The Labute approximate surface area is 91.9 Å². The lowest BCUT2D eigenvalue weighted by Gasteiger charge is -2.38. The molecular formula is C8H11ClF2N4. The fourth-order valence-corrected chi connectivity index (χ4v) is 1.27. The van der Waals surface area contributed by atoms with Gasteiger partial charge < -0.3 is 10.6 Å². The summed E-state index contributed by atoms with van der Waals surface area (Å²) >= 11 is 0. The molecule has 0 unspecified atom stereocenters. The van der Waals surface area contributed by atoms with Gasteiger partial charge in [-0.3, -0.25) is 0 Å². The van der Waals surface area contributed by atoms with E-state index in [0.29, 0.717) is 17.3 Å². The molecule has 0 radical (unpaired) electrons. The van der Waals surface area contributed by atoms with Crippen molar-refractivity contribution < 1.29 is 8.78 Å². The Morgan fingerprint density at radius 3 is 2.53 bits per heavy atom. The molecule has 1 aliphatic heterocycles. The van der Waals surface area contributed by atoms with Crippen molar-refractivity contribution >= 4 is 24.0 Å². The molecule has 0 atom stereocenters. The van der Waals surface area contributed by atoms with E-state index in [2.05, 4.69) is 9.97 Å². The van der Waals surface area contributed by atoms with E-state index >= 15 is 0 Å². The minimum absolute atomic E-state index is 0. The Hall–Kier alpha value is -1.17. The van der Waals surface area contributed by atoms with Crippen LogP contribution in [0.15, 0.2) is 6.20 Å². The van der Waals surface area contributed by atoms with Crippen LogP contribution in [0.3, 0.4) is 0 Å². The van der Waals surface area contributed by atoms with Crippen LogP contribution in [0, 0.1) is 6.92 Å². The lowest BCUT2D eigenvalue weighted by atomic mass is 10.2. The number of nitrogen functional groups attached to an aromatic ring is 1. The predicted octanol–water partition coefficient (Wildman–Crippen LogP) is 1.24. The quantitative estimate of drug-likeness (QED) is 0.797. The lowest BCUT2D eigenvalue weighted by Crippen LogP contribution is -2.57. The normalized spacial score (nSPS) is 17.9. The summed E-state index contributed by atoms with van der Waals surface area (Å²) in [4.78, 5) is 9.32. The largest absolute Gasteiger partial charge is 0.396 e. The monoisotopic (exact) mass is 236 g/mol. The van der Waals surface area contributed by atoms with Gasteiger partial charge in [0.15, 0.2) is 0 Å². The molecule has 0 spiro atoms. The van der Waals surface area contributed by atoms with Crippen LogP contribution in [0.2, 0.25) is 0 Å². The van der Waals surface area contributed by atoms with Crippen LogP contribution < -0.4 is 10.6 Å². The molecule has 2 rings (SSSR count). The Morgan fingerprint density at radius 1 is 1.47 bits per heavy atom. The highest BCUT2D eigenvalue weighted by atomic mass is 35.5. The molecule has 15 heavy (non-hydrogen) atoms. The molecule has 0 bridgehead atoms. The summed E-state index contributed by atoms with van der Waals surface area (Å²) in [6, 6.07) is 0. The minimum atomic E-state index is -2.60. The van der Waals surface area contributed by atoms with Gasteiger partial charge in [0, 0.05) is 0 Å².